The molecule has 1 aromatic heterocycles. The van der Waals surface area contributed by atoms with Crippen molar-refractivity contribution in [2.24, 2.45) is 0 Å². The molecule has 31 heavy (non-hydrogen) atoms. The summed E-state index contributed by atoms with van der Waals surface area (Å²) in [6.45, 7) is 6.13. The van der Waals surface area contributed by atoms with Crippen molar-refractivity contribution in [1.82, 2.24) is 10.2 Å². The van der Waals surface area contributed by atoms with Crippen molar-refractivity contribution in [3.63, 3.8) is 0 Å². The summed E-state index contributed by atoms with van der Waals surface area (Å²) >= 11 is 1.22. The zero-order valence-corrected chi connectivity index (χ0v) is 18.1. The van der Waals surface area contributed by atoms with Gasteiger partial charge in [-0.2, -0.15) is 0 Å². The van der Waals surface area contributed by atoms with E-state index in [0.29, 0.717) is 33.6 Å². The van der Waals surface area contributed by atoms with E-state index in [1.165, 1.54) is 16.2 Å². The third kappa shape index (κ3) is 3.82. The molecule has 1 atom stereocenters. The number of benzene rings is 2. The second-order valence-electron chi connectivity index (χ2n) is 7.14. The lowest BCUT2D eigenvalue weighted by Crippen LogP contribution is -2.29. The van der Waals surface area contributed by atoms with E-state index in [1.54, 1.807) is 31.2 Å². The van der Waals surface area contributed by atoms with Crippen molar-refractivity contribution in [3.05, 3.63) is 75.8 Å². The van der Waals surface area contributed by atoms with Gasteiger partial charge in [-0.15, -0.1) is 10.2 Å². The molecule has 3 aromatic rings. The quantitative estimate of drug-likeness (QED) is 0.367. The number of nitrogens with zero attached hydrogens (tertiary/aromatic N) is 3. The van der Waals surface area contributed by atoms with Crippen LogP contribution in [-0.4, -0.2) is 33.6 Å². The number of ketones is 1. The molecule has 0 aliphatic carbocycles. The lowest BCUT2D eigenvalue weighted by Gasteiger charge is -2.22. The van der Waals surface area contributed by atoms with Gasteiger partial charge in [0.15, 0.2) is 0 Å². The lowest BCUT2D eigenvalue weighted by molar-refractivity contribution is -0.132. The van der Waals surface area contributed by atoms with Crippen molar-refractivity contribution in [2.45, 2.75) is 26.8 Å². The van der Waals surface area contributed by atoms with E-state index in [4.69, 9.17) is 4.74 Å². The predicted molar refractivity (Wildman–Crippen MR) is 118 cm³/mol. The highest BCUT2D eigenvalue weighted by atomic mass is 32.1. The van der Waals surface area contributed by atoms with Gasteiger partial charge in [0, 0.05) is 5.56 Å². The number of carbonyl (C=O) groups is 2. The molecule has 4 rings (SSSR count). The number of aryl methyl sites for hydroxylation is 2. The summed E-state index contributed by atoms with van der Waals surface area (Å²) in [4.78, 5) is 27.4. The monoisotopic (exact) mass is 435 g/mol. The van der Waals surface area contributed by atoms with Crippen LogP contribution < -0.4 is 9.64 Å². The molecule has 1 aliphatic rings. The Bertz CT molecular complexity index is 1170. The topological polar surface area (TPSA) is 92.6 Å². The fourth-order valence-corrected chi connectivity index (χ4v) is 4.22. The standard InChI is InChI=1S/C23H21N3O4S/c1-4-30-17-11-9-16(10-12-17)20(27)18-19(15-7-5-13(2)6-8-15)26(22(29)21(18)28)23-25-24-14(3)31-23/h5-12,19,27H,4H2,1-3H3/b20-18+/t19-/m0/s1. The summed E-state index contributed by atoms with van der Waals surface area (Å²) in [5, 5.41) is 20.1. The van der Waals surface area contributed by atoms with E-state index in [0.717, 1.165) is 5.56 Å². The Morgan fingerprint density at radius 2 is 1.74 bits per heavy atom. The third-order valence-corrected chi connectivity index (χ3v) is 5.84. The first-order valence-corrected chi connectivity index (χ1v) is 10.6. The number of hydrogen-bond acceptors (Lipinski definition) is 7. The average Bonchev–Trinajstić information content (AvgIpc) is 3.30. The molecule has 7 nitrogen and oxygen atoms in total. The molecule has 158 valence electrons. The first-order chi connectivity index (χ1) is 14.9. The van der Waals surface area contributed by atoms with Gasteiger partial charge in [0.05, 0.1) is 18.2 Å². The smallest absolute Gasteiger partial charge is 0.301 e. The number of hydrogen-bond donors (Lipinski definition) is 1. The second-order valence-corrected chi connectivity index (χ2v) is 8.30. The minimum absolute atomic E-state index is 0.0193. The fourth-order valence-electron chi connectivity index (χ4n) is 3.51. The molecule has 0 bridgehead atoms. The Morgan fingerprint density at radius 3 is 2.32 bits per heavy atom. The number of carbonyl (C=O) groups excluding carboxylic acids is 2. The molecule has 2 aromatic carbocycles. The largest absolute Gasteiger partial charge is 0.507 e. The number of Topliss-reactive ketones (excluding diaryl/α,β-unsaturated/α-hetero) is 1. The molecule has 2 heterocycles. The molecule has 0 spiro atoms. The van der Waals surface area contributed by atoms with E-state index >= 15 is 0 Å². The van der Waals surface area contributed by atoms with Gasteiger partial charge >= 0.3 is 5.91 Å². The Labute approximate surface area is 183 Å². The highest BCUT2D eigenvalue weighted by Gasteiger charge is 2.48. The summed E-state index contributed by atoms with van der Waals surface area (Å²) in [7, 11) is 0. The lowest BCUT2D eigenvalue weighted by atomic mass is 9.95. The van der Waals surface area contributed by atoms with E-state index < -0.39 is 17.7 Å². The number of rotatable bonds is 5. The average molecular weight is 436 g/mol. The van der Waals surface area contributed by atoms with Gasteiger partial charge in [-0.1, -0.05) is 41.2 Å². The number of aliphatic hydroxyl groups excluding tert-OH is 1. The van der Waals surface area contributed by atoms with Crippen molar-refractivity contribution in [2.75, 3.05) is 11.5 Å². The maximum atomic E-state index is 13.1. The van der Waals surface area contributed by atoms with Gasteiger partial charge in [-0.3, -0.25) is 14.5 Å². The highest BCUT2D eigenvalue weighted by molar-refractivity contribution is 7.15. The Morgan fingerprint density at radius 1 is 1.06 bits per heavy atom. The number of aromatic nitrogens is 2. The van der Waals surface area contributed by atoms with Gasteiger partial charge in [0.1, 0.15) is 16.5 Å². The number of anilines is 1. The van der Waals surface area contributed by atoms with E-state index in [9.17, 15) is 14.7 Å². The van der Waals surface area contributed by atoms with Gasteiger partial charge in [0.2, 0.25) is 5.13 Å². The van der Waals surface area contributed by atoms with E-state index in [2.05, 4.69) is 10.2 Å². The maximum Gasteiger partial charge on any atom is 0.301 e. The minimum atomic E-state index is -0.806. The van der Waals surface area contributed by atoms with Gasteiger partial charge < -0.3 is 9.84 Å². The number of aliphatic hydroxyl groups is 1. The molecular formula is C23H21N3O4S. The second kappa shape index (κ2) is 8.31. The van der Waals surface area contributed by atoms with Crippen LogP contribution in [0.2, 0.25) is 0 Å². The molecule has 1 fully saturated rings. The maximum absolute atomic E-state index is 13.1. The van der Waals surface area contributed by atoms with Crippen LogP contribution in [-0.2, 0) is 9.59 Å². The van der Waals surface area contributed by atoms with E-state index in [-0.39, 0.29) is 11.3 Å². The molecule has 0 saturated carbocycles. The Balaban J connectivity index is 1.87. The van der Waals surface area contributed by atoms with Gasteiger partial charge in [-0.25, -0.2) is 0 Å². The van der Waals surface area contributed by atoms with Crippen molar-refractivity contribution in [3.8, 4) is 5.75 Å². The van der Waals surface area contributed by atoms with Crippen LogP contribution >= 0.6 is 11.3 Å². The molecule has 1 saturated heterocycles. The molecule has 1 amide bonds. The minimum Gasteiger partial charge on any atom is -0.507 e. The SMILES string of the molecule is CCOc1ccc(/C(O)=C2\C(=O)C(=O)N(c3nnc(C)s3)[C@H]2c2ccc(C)cc2)cc1. The number of ether oxygens (including phenoxy) is 1. The highest BCUT2D eigenvalue weighted by Crippen LogP contribution is 2.43. The molecule has 1 aliphatic heterocycles. The van der Waals surface area contributed by atoms with Crippen LogP contribution in [0.25, 0.3) is 5.76 Å². The van der Waals surface area contributed by atoms with Crippen molar-refractivity contribution < 1.29 is 19.4 Å². The van der Waals surface area contributed by atoms with Gasteiger partial charge in [-0.05, 0) is 50.6 Å². The summed E-state index contributed by atoms with van der Waals surface area (Å²) in [5.74, 6) is -1.09. The molecule has 0 radical (unpaired) electrons. The van der Waals surface area contributed by atoms with Crippen LogP contribution in [0.5, 0.6) is 5.75 Å². The van der Waals surface area contributed by atoms with Crippen LogP contribution in [0.1, 0.15) is 34.7 Å². The number of amides is 1. The Hall–Kier alpha value is -3.52. The Kier molecular flexibility index (Phi) is 5.56. The van der Waals surface area contributed by atoms with Crippen LogP contribution in [0, 0.1) is 13.8 Å². The van der Waals surface area contributed by atoms with Crippen molar-refractivity contribution in [1.29, 1.82) is 0 Å². The summed E-state index contributed by atoms with van der Waals surface area (Å²) < 4.78 is 5.44. The van der Waals surface area contributed by atoms with Crippen LogP contribution in [0.15, 0.2) is 54.1 Å². The zero-order chi connectivity index (χ0) is 22.1. The third-order valence-electron chi connectivity index (χ3n) is 5.00. The fraction of sp³-hybridized carbons (Fsp3) is 0.217. The molecule has 0 unspecified atom stereocenters. The predicted octanol–water partition coefficient (Wildman–Crippen LogP) is 4.18. The van der Waals surface area contributed by atoms with Crippen molar-refractivity contribution >= 4 is 33.9 Å². The first-order valence-electron chi connectivity index (χ1n) is 9.81. The summed E-state index contributed by atoms with van der Waals surface area (Å²) in [6, 6.07) is 13.4. The molecular weight excluding hydrogens is 414 g/mol. The summed E-state index contributed by atoms with van der Waals surface area (Å²) in [6.07, 6.45) is 0. The van der Waals surface area contributed by atoms with Gasteiger partial charge in [0.25, 0.3) is 5.78 Å². The van der Waals surface area contributed by atoms with E-state index in [1.807, 2.05) is 38.1 Å². The first kappa shape index (κ1) is 20.7. The normalized spacial score (nSPS) is 17.9. The molecule has 1 N–H and O–H groups in total. The zero-order valence-electron chi connectivity index (χ0n) is 17.3. The summed E-state index contributed by atoms with van der Waals surface area (Å²) in [5.41, 5.74) is 2.18. The molecule has 8 heteroatoms. The van der Waals surface area contributed by atoms with Crippen LogP contribution in [0.4, 0.5) is 5.13 Å². The van der Waals surface area contributed by atoms with Crippen LogP contribution in [0.3, 0.4) is 0 Å².